The molecule has 1 aromatic rings. The molecule has 0 bridgehead atoms. The molecular formula is C12H16Cl2N2O. The Hall–Kier alpha value is -0.800. The van der Waals surface area contributed by atoms with Crippen LogP contribution in [0.1, 0.15) is 37.6 Å². The van der Waals surface area contributed by atoms with Gasteiger partial charge in [0.1, 0.15) is 5.15 Å². The first-order valence-corrected chi connectivity index (χ1v) is 6.27. The van der Waals surface area contributed by atoms with E-state index >= 15 is 0 Å². The van der Waals surface area contributed by atoms with Crippen LogP contribution in [0.2, 0.25) is 10.2 Å². The number of hydrogen-bond donors (Lipinski definition) is 1. The number of carbonyl (C=O) groups excluding carboxylic acids is 1. The van der Waals surface area contributed by atoms with Gasteiger partial charge in [-0.15, -0.1) is 0 Å². The fraction of sp³-hybridized carbons (Fsp3) is 0.500. The van der Waals surface area contributed by atoms with Crippen LogP contribution in [0.4, 0.5) is 0 Å². The summed E-state index contributed by atoms with van der Waals surface area (Å²) in [5.41, 5.74) is 0.426. The second-order valence-corrected chi connectivity index (χ2v) is 5.27. The molecule has 0 aliphatic heterocycles. The van der Waals surface area contributed by atoms with Crippen molar-refractivity contribution < 1.29 is 4.79 Å². The topological polar surface area (TPSA) is 42.0 Å². The van der Waals surface area contributed by atoms with Gasteiger partial charge in [-0.05, 0) is 25.3 Å². The number of pyridine rings is 1. The zero-order valence-corrected chi connectivity index (χ0v) is 11.6. The van der Waals surface area contributed by atoms with Gasteiger partial charge in [0.2, 0.25) is 0 Å². The molecule has 0 aromatic carbocycles. The van der Waals surface area contributed by atoms with E-state index in [-0.39, 0.29) is 22.1 Å². The maximum atomic E-state index is 11.8. The number of halogens is 2. The van der Waals surface area contributed by atoms with Gasteiger partial charge in [-0.2, -0.15) is 0 Å². The quantitative estimate of drug-likeness (QED) is 0.854. The highest BCUT2D eigenvalue weighted by atomic mass is 35.5. The molecule has 0 radical (unpaired) electrons. The molecule has 5 heteroatoms. The van der Waals surface area contributed by atoms with Crippen LogP contribution in [0.15, 0.2) is 12.3 Å². The van der Waals surface area contributed by atoms with Gasteiger partial charge in [0.05, 0.1) is 10.6 Å². The summed E-state index contributed by atoms with van der Waals surface area (Å²) in [6.45, 7) is 6.20. The van der Waals surface area contributed by atoms with E-state index in [0.717, 1.165) is 6.42 Å². The van der Waals surface area contributed by atoms with Crippen LogP contribution < -0.4 is 5.32 Å². The third-order valence-electron chi connectivity index (χ3n) is 2.26. The van der Waals surface area contributed by atoms with Gasteiger partial charge in [0.25, 0.3) is 5.91 Å². The van der Waals surface area contributed by atoms with Gasteiger partial charge in [0.15, 0.2) is 0 Å². The molecule has 0 fully saturated rings. The number of hydrogen-bond acceptors (Lipinski definition) is 2. The molecule has 0 spiro atoms. The van der Waals surface area contributed by atoms with Crippen LogP contribution in [-0.2, 0) is 0 Å². The number of rotatable bonds is 4. The highest BCUT2D eigenvalue weighted by Gasteiger charge is 2.12. The molecule has 17 heavy (non-hydrogen) atoms. The SMILES string of the molecule is CC(C)CC(C)NC(=O)c1cnc(Cl)c(Cl)c1. The summed E-state index contributed by atoms with van der Waals surface area (Å²) in [5.74, 6) is 0.362. The van der Waals surface area contributed by atoms with Gasteiger partial charge in [0, 0.05) is 12.2 Å². The van der Waals surface area contributed by atoms with Gasteiger partial charge >= 0.3 is 0 Å². The Morgan fingerprint density at radius 1 is 1.41 bits per heavy atom. The molecule has 94 valence electrons. The van der Waals surface area contributed by atoms with Crippen molar-refractivity contribution in [3.05, 3.63) is 28.0 Å². The van der Waals surface area contributed by atoms with Crippen molar-refractivity contribution in [2.45, 2.75) is 33.2 Å². The monoisotopic (exact) mass is 274 g/mol. The molecular weight excluding hydrogens is 259 g/mol. The fourth-order valence-electron chi connectivity index (χ4n) is 1.62. The van der Waals surface area contributed by atoms with Crippen LogP contribution in [0.5, 0.6) is 0 Å². The van der Waals surface area contributed by atoms with Crippen molar-refractivity contribution in [1.29, 1.82) is 0 Å². The predicted molar refractivity (Wildman–Crippen MR) is 70.6 cm³/mol. The highest BCUT2D eigenvalue weighted by Crippen LogP contribution is 2.19. The minimum atomic E-state index is -0.177. The smallest absolute Gasteiger partial charge is 0.253 e. The summed E-state index contributed by atoms with van der Waals surface area (Å²) in [6.07, 6.45) is 2.35. The Morgan fingerprint density at radius 2 is 2.06 bits per heavy atom. The van der Waals surface area contributed by atoms with Crippen LogP contribution >= 0.6 is 23.2 Å². The van der Waals surface area contributed by atoms with Gasteiger partial charge in [-0.25, -0.2) is 4.98 Å². The lowest BCUT2D eigenvalue weighted by atomic mass is 10.1. The second-order valence-electron chi connectivity index (χ2n) is 4.50. The van der Waals surface area contributed by atoms with Gasteiger partial charge in [-0.3, -0.25) is 4.79 Å². The number of carbonyl (C=O) groups is 1. The van der Waals surface area contributed by atoms with E-state index in [1.165, 1.54) is 12.3 Å². The van der Waals surface area contributed by atoms with Gasteiger partial charge in [-0.1, -0.05) is 37.0 Å². The van der Waals surface area contributed by atoms with Crippen molar-refractivity contribution in [1.82, 2.24) is 10.3 Å². The zero-order valence-electron chi connectivity index (χ0n) is 10.1. The maximum Gasteiger partial charge on any atom is 0.253 e. The van der Waals surface area contributed by atoms with Crippen LogP contribution in [0.3, 0.4) is 0 Å². The number of nitrogens with zero attached hydrogens (tertiary/aromatic N) is 1. The lowest BCUT2D eigenvalue weighted by molar-refractivity contribution is 0.0936. The lowest BCUT2D eigenvalue weighted by Crippen LogP contribution is -2.33. The molecule has 1 rings (SSSR count). The van der Waals surface area contributed by atoms with E-state index in [1.54, 1.807) is 0 Å². The van der Waals surface area contributed by atoms with Crippen molar-refractivity contribution in [2.75, 3.05) is 0 Å². The molecule has 1 atom stereocenters. The Kier molecular flexibility index (Phi) is 5.22. The molecule has 0 aliphatic rings. The Bertz CT molecular complexity index is 407. The average Bonchev–Trinajstić information content (AvgIpc) is 2.20. The maximum absolute atomic E-state index is 11.8. The number of amides is 1. The highest BCUT2D eigenvalue weighted by molar-refractivity contribution is 6.41. The summed E-state index contributed by atoms with van der Waals surface area (Å²) >= 11 is 11.5. The largest absolute Gasteiger partial charge is 0.350 e. The molecule has 1 aromatic heterocycles. The van der Waals surface area contributed by atoms with E-state index in [9.17, 15) is 4.79 Å². The Morgan fingerprint density at radius 3 is 2.59 bits per heavy atom. The van der Waals surface area contributed by atoms with Crippen LogP contribution in [-0.4, -0.2) is 16.9 Å². The zero-order chi connectivity index (χ0) is 13.0. The minimum absolute atomic E-state index is 0.122. The summed E-state index contributed by atoms with van der Waals surface area (Å²) < 4.78 is 0. The molecule has 1 heterocycles. The van der Waals surface area contributed by atoms with Crippen molar-refractivity contribution >= 4 is 29.1 Å². The summed E-state index contributed by atoms with van der Waals surface area (Å²) in [6, 6.07) is 1.64. The Balaban J connectivity index is 2.66. The third kappa shape index (κ3) is 4.52. The average molecular weight is 275 g/mol. The van der Waals surface area contributed by atoms with Crippen LogP contribution in [0, 0.1) is 5.92 Å². The molecule has 1 unspecified atom stereocenters. The molecule has 0 saturated carbocycles. The van der Waals surface area contributed by atoms with Crippen molar-refractivity contribution in [3.63, 3.8) is 0 Å². The molecule has 1 amide bonds. The fourth-order valence-corrected chi connectivity index (χ4v) is 1.89. The van der Waals surface area contributed by atoms with E-state index in [2.05, 4.69) is 24.1 Å². The third-order valence-corrected chi connectivity index (χ3v) is 2.95. The van der Waals surface area contributed by atoms with Crippen LogP contribution in [0.25, 0.3) is 0 Å². The molecule has 0 aliphatic carbocycles. The summed E-state index contributed by atoms with van der Waals surface area (Å²) in [5, 5.41) is 3.39. The predicted octanol–water partition coefficient (Wildman–Crippen LogP) is 3.55. The van der Waals surface area contributed by atoms with Crippen molar-refractivity contribution in [3.8, 4) is 0 Å². The molecule has 3 nitrogen and oxygen atoms in total. The standard InChI is InChI=1S/C12H16Cl2N2O/c1-7(2)4-8(3)16-12(17)9-5-10(13)11(14)15-6-9/h5-8H,4H2,1-3H3,(H,16,17). The number of aromatic nitrogens is 1. The lowest BCUT2D eigenvalue weighted by Gasteiger charge is -2.15. The van der Waals surface area contributed by atoms with E-state index in [0.29, 0.717) is 11.5 Å². The molecule has 1 N–H and O–H groups in total. The van der Waals surface area contributed by atoms with Crippen molar-refractivity contribution in [2.24, 2.45) is 5.92 Å². The minimum Gasteiger partial charge on any atom is -0.350 e. The van der Waals surface area contributed by atoms with E-state index in [1.807, 2.05) is 6.92 Å². The first kappa shape index (κ1) is 14.3. The summed E-state index contributed by atoms with van der Waals surface area (Å²) in [4.78, 5) is 15.7. The second kappa shape index (κ2) is 6.22. The first-order valence-electron chi connectivity index (χ1n) is 5.52. The molecule has 0 saturated heterocycles. The van der Waals surface area contributed by atoms with E-state index in [4.69, 9.17) is 23.2 Å². The summed E-state index contributed by atoms with van der Waals surface area (Å²) in [7, 11) is 0. The van der Waals surface area contributed by atoms with Gasteiger partial charge < -0.3 is 5.32 Å². The first-order chi connectivity index (χ1) is 7.90. The van der Waals surface area contributed by atoms with E-state index < -0.39 is 0 Å². The number of nitrogens with one attached hydrogen (secondary N) is 1. The normalized spacial score (nSPS) is 12.6. The Labute approximate surface area is 112 Å².